The first kappa shape index (κ1) is 13.9. The van der Waals surface area contributed by atoms with Crippen LogP contribution in [0.2, 0.25) is 0 Å². The maximum Gasteiger partial charge on any atom is 0.311 e. The molecule has 1 unspecified atom stereocenters. The van der Waals surface area contributed by atoms with Crippen molar-refractivity contribution >= 4 is 11.5 Å². The second kappa shape index (κ2) is 5.64. The van der Waals surface area contributed by atoms with Crippen LogP contribution < -0.4 is 5.32 Å². The van der Waals surface area contributed by atoms with Crippen molar-refractivity contribution in [3.63, 3.8) is 0 Å². The molecule has 1 aromatic heterocycles. The smallest absolute Gasteiger partial charge is 0.311 e. The van der Waals surface area contributed by atoms with Crippen LogP contribution in [0.1, 0.15) is 24.1 Å². The summed E-state index contributed by atoms with van der Waals surface area (Å²) < 4.78 is 13.5. The number of aromatic nitrogens is 1. The molecule has 1 N–H and O–H groups in total. The molecular formula is C14H14FN3O2. The first-order valence-corrected chi connectivity index (χ1v) is 6.11. The maximum atomic E-state index is 13.5. The normalized spacial score (nSPS) is 11.9. The zero-order valence-corrected chi connectivity index (χ0v) is 11.1. The summed E-state index contributed by atoms with van der Waals surface area (Å²) in [5, 5.41) is 13.8. The highest BCUT2D eigenvalue weighted by Crippen LogP contribution is 2.26. The van der Waals surface area contributed by atoms with Crippen molar-refractivity contribution in [2.24, 2.45) is 0 Å². The zero-order valence-electron chi connectivity index (χ0n) is 11.1. The second-order valence-corrected chi connectivity index (χ2v) is 4.50. The van der Waals surface area contributed by atoms with Crippen LogP contribution in [0.25, 0.3) is 0 Å². The molecule has 0 fully saturated rings. The molecule has 1 heterocycles. The number of hydrogen-bond donors (Lipinski definition) is 1. The molecule has 20 heavy (non-hydrogen) atoms. The lowest BCUT2D eigenvalue weighted by Gasteiger charge is -2.15. The van der Waals surface area contributed by atoms with Crippen molar-refractivity contribution < 1.29 is 9.31 Å². The molecule has 2 aromatic rings. The minimum absolute atomic E-state index is 0.105. The van der Waals surface area contributed by atoms with E-state index >= 15 is 0 Å². The molecule has 0 aliphatic rings. The van der Waals surface area contributed by atoms with E-state index < -0.39 is 4.92 Å². The highest BCUT2D eigenvalue weighted by molar-refractivity contribution is 5.56. The fraction of sp³-hybridized carbons (Fsp3) is 0.214. The lowest BCUT2D eigenvalue weighted by atomic mass is 10.1. The van der Waals surface area contributed by atoms with Gasteiger partial charge in [0.1, 0.15) is 5.82 Å². The van der Waals surface area contributed by atoms with E-state index in [9.17, 15) is 14.5 Å². The third-order valence-electron chi connectivity index (χ3n) is 3.03. The van der Waals surface area contributed by atoms with Gasteiger partial charge in [-0.25, -0.2) is 9.37 Å². The van der Waals surface area contributed by atoms with E-state index in [2.05, 4.69) is 10.3 Å². The van der Waals surface area contributed by atoms with Gasteiger partial charge in [-0.2, -0.15) is 0 Å². The second-order valence-electron chi connectivity index (χ2n) is 4.50. The lowest BCUT2D eigenvalue weighted by molar-refractivity contribution is -0.384. The molecule has 0 saturated heterocycles. The molecule has 0 amide bonds. The van der Waals surface area contributed by atoms with Crippen molar-refractivity contribution in [3.8, 4) is 0 Å². The van der Waals surface area contributed by atoms with E-state index in [0.717, 1.165) is 0 Å². The van der Waals surface area contributed by atoms with Gasteiger partial charge in [0.25, 0.3) is 0 Å². The third kappa shape index (κ3) is 2.90. The zero-order chi connectivity index (χ0) is 14.7. The molecule has 0 aliphatic carbocycles. The van der Waals surface area contributed by atoms with E-state index in [4.69, 9.17) is 0 Å². The Morgan fingerprint density at radius 2 is 2.15 bits per heavy atom. The molecule has 1 aromatic carbocycles. The van der Waals surface area contributed by atoms with Crippen LogP contribution in [0.4, 0.5) is 15.9 Å². The largest absolute Gasteiger partial charge is 0.358 e. The van der Waals surface area contributed by atoms with Gasteiger partial charge >= 0.3 is 5.69 Å². The molecule has 0 radical (unpaired) electrons. The molecule has 0 saturated carbocycles. The Labute approximate surface area is 115 Å². The average Bonchev–Trinajstić information content (AvgIpc) is 2.42. The molecule has 0 spiro atoms. The van der Waals surface area contributed by atoms with Crippen molar-refractivity contribution in [1.82, 2.24) is 4.98 Å². The van der Waals surface area contributed by atoms with Crippen LogP contribution >= 0.6 is 0 Å². The summed E-state index contributed by atoms with van der Waals surface area (Å²) in [7, 11) is 0. The molecule has 2 rings (SSSR count). The summed E-state index contributed by atoms with van der Waals surface area (Å²) >= 11 is 0. The van der Waals surface area contributed by atoms with Crippen LogP contribution in [-0.2, 0) is 0 Å². The van der Waals surface area contributed by atoms with Gasteiger partial charge in [0.15, 0.2) is 0 Å². The predicted molar refractivity (Wildman–Crippen MR) is 74.1 cm³/mol. The van der Waals surface area contributed by atoms with E-state index in [1.54, 1.807) is 26.0 Å². The summed E-state index contributed by atoms with van der Waals surface area (Å²) in [5.74, 6) is -0.127. The topological polar surface area (TPSA) is 68.1 Å². The Hall–Kier alpha value is -2.50. The van der Waals surface area contributed by atoms with Crippen LogP contribution in [0.3, 0.4) is 0 Å². The summed E-state index contributed by atoms with van der Waals surface area (Å²) in [5.41, 5.74) is 1.16. The molecule has 1 atom stereocenters. The van der Waals surface area contributed by atoms with Gasteiger partial charge in [0.05, 0.1) is 11.0 Å². The fourth-order valence-electron chi connectivity index (χ4n) is 1.82. The summed E-state index contributed by atoms with van der Waals surface area (Å²) in [6.45, 7) is 3.48. The number of aryl methyl sites for hydroxylation is 1. The van der Waals surface area contributed by atoms with Crippen molar-refractivity contribution in [1.29, 1.82) is 0 Å². The third-order valence-corrected chi connectivity index (χ3v) is 3.03. The first-order chi connectivity index (χ1) is 9.49. The number of nitro groups is 1. The summed E-state index contributed by atoms with van der Waals surface area (Å²) in [6, 6.07) is 7.46. The SMILES string of the molecule is Cc1ccc(C(C)Nc2ncccc2[N+](=O)[O-])cc1F. The number of rotatable bonds is 4. The maximum absolute atomic E-state index is 13.5. The molecule has 5 nitrogen and oxygen atoms in total. The minimum Gasteiger partial charge on any atom is -0.358 e. The van der Waals surface area contributed by atoms with E-state index in [1.165, 1.54) is 24.4 Å². The molecule has 0 bridgehead atoms. The Bertz CT molecular complexity index is 646. The number of nitrogens with one attached hydrogen (secondary N) is 1. The van der Waals surface area contributed by atoms with Crippen LogP contribution in [-0.4, -0.2) is 9.91 Å². The molecular weight excluding hydrogens is 261 g/mol. The number of pyridine rings is 1. The van der Waals surface area contributed by atoms with E-state index in [0.29, 0.717) is 11.1 Å². The van der Waals surface area contributed by atoms with Gasteiger partial charge in [-0.15, -0.1) is 0 Å². The van der Waals surface area contributed by atoms with Crippen molar-refractivity contribution in [2.45, 2.75) is 19.9 Å². The fourth-order valence-corrected chi connectivity index (χ4v) is 1.82. The Morgan fingerprint density at radius 1 is 1.40 bits per heavy atom. The monoisotopic (exact) mass is 275 g/mol. The number of hydrogen-bond acceptors (Lipinski definition) is 4. The Kier molecular flexibility index (Phi) is 3.93. The average molecular weight is 275 g/mol. The van der Waals surface area contributed by atoms with Gasteiger partial charge < -0.3 is 5.32 Å². The lowest BCUT2D eigenvalue weighted by Crippen LogP contribution is -2.10. The number of halogens is 1. The number of benzene rings is 1. The van der Waals surface area contributed by atoms with Gasteiger partial charge in [-0.1, -0.05) is 12.1 Å². The quantitative estimate of drug-likeness (QED) is 0.683. The van der Waals surface area contributed by atoms with Gasteiger partial charge in [-0.05, 0) is 37.1 Å². The number of anilines is 1. The summed E-state index contributed by atoms with van der Waals surface area (Å²) in [6.07, 6.45) is 1.47. The van der Waals surface area contributed by atoms with Crippen LogP contribution in [0, 0.1) is 22.9 Å². The number of nitrogens with zero attached hydrogens (tertiary/aromatic N) is 2. The Morgan fingerprint density at radius 3 is 2.80 bits per heavy atom. The first-order valence-electron chi connectivity index (χ1n) is 6.11. The van der Waals surface area contributed by atoms with Crippen molar-refractivity contribution in [2.75, 3.05) is 5.32 Å². The van der Waals surface area contributed by atoms with Crippen molar-refractivity contribution in [3.05, 3.63) is 63.6 Å². The molecule has 104 valence electrons. The van der Waals surface area contributed by atoms with Gasteiger partial charge in [-0.3, -0.25) is 10.1 Å². The summed E-state index contributed by atoms with van der Waals surface area (Å²) in [4.78, 5) is 14.4. The van der Waals surface area contributed by atoms with Crippen LogP contribution in [0.15, 0.2) is 36.5 Å². The molecule has 0 aliphatic heterocycles. The Balaban J connectivity index is 2.25. The van der Waals surface area contributed by atoms with E-state index in [-0.39, 0.29) is 23.4 Å². The van der Waals surface area contributed by atoms with Crippen LogP contribution in [0.5, 0.6) is 0 Å². The molecule has 6 heteroatoms. The highest BCUT2D eigenvalue weighted by Gasteiger charge is 2.17. The highest BCUT2D eigenvalue weighted by atomic mass is 19.1. The van der Waals surface area contributed by atoms with Gasteiger partial charge in [0.2, 0.25) is 5.82 Å². The minimum atomic E-state index is -0.502. The van der Waals surface area contributed by atoms with Gasteiger partial charge in [0, 0.05) is 12.3 Å². The van der Waals surface area contributed by atoms with E-state index in [1.807, 2.05) is 0 Å². The predicted octanol–water partition coefficient (Wildman–Crippen LogP) is 3.61. The standard InChI is InChI=1S/C14H14FN3O2/c1-9-5-6-11(8-12(9)15)10(2)17-14-13(18(19)20)4-3-7-16-14/h3-8,10H,1-2H3,(H,16,17).